The molecular formula is C4H8ClNi. The van der Waals surface area contributed by atoms with Gasteiger partial charge in [0.1, 0.15) is 0 Å². The van der Waals surface area contributed by atoms with E-state index in [-0.39, 0.29) is 12.4 Å². The van der Waals surface area contributed by atoms with E-state index in [2.05, 4.69) is 22.0 Å². The molecule has 0 unspecified atom stereocenters. The Labute approximate surface area is 52.8 Å². The van der Waals surface area contributed by atoms with Crippen LogP contribution < -0.4 is 0 Å². The van der Waals surface area contributed by atoms with Gasteiger partial charge in [-0.25, -0.2) is 0 Å². The van der Waals surface area contributed by atoms with Crippen molar-refractivity contribution in [3.63, 3.8) is 0 Å². The maximum atomic E-state index is 4.33. The van der Waals surface area contributed by atoms with Crippen LogP contribution in [0.2, 0.25) is 5.39 Å². The summed E-state index contributed by atoms with van der Waals surface area (Å²) in [7, 11) is 0. The Morgan fingerprint density at radius 2 is 2.00 bits per heavy atom. The van der Waals surface area contributed by atoms with E-state index in [9.17, 15) is 0 Å². The Morgan fingerprint density at radius 3 is 2.00 bits per heavy atom. The van der Waals surface area contributed by atoms with Crippen LogP contribution in [0.25, 0.3) is 0 Å². The van der Waals surface area contributed by atoms with Gasteiger partial charge in [0.2, 0.25) is 0 Å². The second-order valence-corrected chi connectivity index (χ2v) is 1.42. The quantitative estimate of drug-likeness (QED) is 0.396. The van der Waals surface area contributed by atoms with Gasteiger partial charge in [0.15, 0.2) is 0 Å². The summed E-state index contributed by atoms with van der Waals surface area (Å²) in [6.45, 7) is 5.51. The predicted octanol–water partition coefficient (Wildman–Crippen LogP) is 1.95. The van der Waals surface area contributed by atoms with Gasteiger partial charge in [-0.1, -0.05) is 0 Å². The molecule has 0 bridgehead atoms. The molecule has 6 heavy (non-hydrogen) atoms. The zero-order chi connectivity index (χ0) is 4.28. The minimum Gasteiger partial charge on any atom is -0.147 e. The number of hydrogen-bond acceptors (Lipinski definition) is 0. The molecule has 0 aliphatic heterocycles. The van der Waals surface area contributed by atoms with E-state index in [1.54, 1.807) is 0 Å². The van der Waals surface area contributed by atoms with Gasteiger partial charge in [-0.2, -0.15) is 0 Å². The van der Waals surface area contributed by atoms with E-state index in [1.165, 1.54) is 0 Å². The fourth-order valence-electron chi connectivity index (χ4n) is 0. The van der Waals surface area contributed by atoms with Crippen molar-refractivity contribution in [3.8, 4) is 0 Å². The first-order chi connectivity index (χ1) is 2.27. The summed E-state index contributed by atoms with van der Waals surface area (Å²) in [5.41, 5.74) is 1.09. The first kappa shape index (κ1) is 9.73. The second-order valence-electron chi connectivity index (χ2n) is 1.07. The van der Waals surface area contributed by atoms with Crippen molar-refractivity contribution >= 4 is 12.4 Å². The van der Waals surface area contributed by atoms with Crippen LogP contribution in [0.15, 0.2) is 12.2 Å². The molecule has 0 nitrogen and oxygen atoms in total. The maximum absolute atomic E-state index is 4.33. The van der Waals surface area contributed by atoms with Gasteiger partial charge < -0.3 is 0 Å². The van der Waals surface area contributed by atoms with Gasteiger partial charge in [-0.15, -0.1) is 12.4 Å². The van der Waals surface area contributed by atoms with Crippen molar-refractivity contribution in [2.24, 2.45) is 0 Å². The third-order valence-electron chi connectivity index (χ3n) is 0.191. The van der Waals surface area contributed by atoms with Gasteiger partial charge in [0.25, 0.3) is 0 Å². The van der Waals surface area contributed by atoms with Gasteiger partial charge in [-0.3, -0.25) is 0 Å². The van der Waals surface area contributed by atoms with Crippen molar-refractivity contribution in [3.05, 3.63) is 12.2 Å². The molecule has 2 heteroatoms. The average molecular weight is 150 g/mol. The summed E-state index contributed by atoms with van der Waals surface area (Å²) in [6, 6.07) is 0. The third-order valence-corrected chi connectivity index (χ3v) is 0.787. The SMILES string of the molecule is C=C(C)[CH2][Ni].Cl. The molecule has 0 aliphatic rings. The summed E-state index contributed by atoms with van der Waals surface area (Å²) >= 11 is 4.33. The van der Waals surface area contributed by atoms with E-state index >= 15 is 0 Å². The van der Waals surface area contributed by atoms with E-state index in [0.717, 1.165) is 11.0 Å². The predicted molar refractivity (Wildman–Crippen MR) is 26.9 cm³/mol. The van der Waals surface area contributed by atoms with E-state index in [4.69, 9.17) is 0 Å². The minimum absolute atomic E-state index is 0. The van der Waals surface area contributed by atoms with Crippen LogP contribution in [0.4, 0.5) is 0 Å². The van der Waals surface area contributed by atoms with Crippen molar-refractivity contribution in [1.29, 1.82) is 0 Å². The largest absolute Gasteiger partial charge is 0.147 e. The Kier molecular flexibility index (Phi) is 8.95. The van der Waals surface area contributed by atoms with Crippen LogP contribution in [0.3, 0.4) is 0 Å². The molecule has 0 amide bonds. The van der Waals surface area contributed by atoms with Gasteiger partial charge in [-0.05, 0) is 0 Å². The maximum Gasteiger partial charge on any atom is -0.147 e. The van der Waals surface area contributed by atoms with Crippen LogP contribution >= 0.6 is 12.4 Å². The van der Waals surface area contributed by atoms with Crippen LogP contribution in [-0.4, -0.2) is 0 Å². The monoisotopic (exact) mass is 149 g/mol. The first-order valence-corrected chi connectivity index (χ1v) is 2.13. The number of allylic oxidation sites excluding steroid dienone is 1. The number of hydrogen-bond donors (Lipinski definition) is 0. The van der Waals surface area contributed by atoms with E-state index in [1.807, 2.05) is 6.92 Å². The van der Waals surface area contributed by atoms with Crippen molar-refractivity contribution in [1.82, 2.24) is 0 Å². The van der Waals surface area contributed by atoms with Gasteiger partial charge in [0, 0.05) is 0 Å². The first-order valence-electron chi connectivity index (χ1n) is 1.43. The molecular weight excluding hydrogens is 142 g/mol. The molecule has 0 spiro atoms. The van der Waals surface area contributed by atoms with Gasteiger partial charge >= 0.3 is 39.9 Å². The molecule has 0 aromatic carbocycles. The Hall–Kier alpha value is 0.524. The molecule has 0 heterocycles. The van der Waals surface area contributed by atoms with Crippen LogP contribution in [-0.2, 0) is 15.5 Å². The molecule has 0 aliphatic carbocycles. The number of halogens is 1. The van der Waals surface area contributed by atoms with Gasteiger partial charge in [0.05, 0.1) is 0 Å². The summed E-state index contributed by atoms with van der Waals surface area (Å²) in [6.07, 6.45) is 0. The van der Waals surface area contributed by atoms with Crippen molar-refractivity contribution in [2.45, 2.75) is 12.3 Å². The van der Waals surface area contributed by atoms with Crippen LogP contribution in [0.1, 0.15) is 6.92 Å². The molecule has 0 aromatic heterocycles. The van der Waals surface area contributed by atoms with E-state index < -0.39 is 0 Å². The Balaban J connectivity index is 0. The summed E-state index contributed by atoms with van der Waals surface area (Å²) in [5, 5.41) is 0.736. The fourth-order valence-corrected chi connectivity index (χ4v) is 0. The Morgan fingerprint density at radius 1 is 1.83 bits per heavy atom. The average Bonchev–Trinajstić information content (AvgIpc) is 1.38. The summed E-state index contributed by atoms with van der Waals surface area (Å²) in [4.78, 5) is 0. The Bertz CT molecular complexity index is 42.8. The zero-order valence-corrected chi connectivity index (χ0v) is 5.44. The second kappa shape index (κ2) is 5.52. The molecule has 0 aromatic rings. The smallest absolute Gasteiger partial charge is 0.147 e. The molecule has 0 N–H and O–H groups in total. The summed E-state index contributed by atoms with van der Waals surface area (Å²) in [5.74, 6) is 0. The van der Waals surface area contributed by atoms with Crippen LogP contribution in [0, 0.1) is 0 Å². The van der Waals surface area contributed by atoms with Crippen molar-refractivity contribution in [2.75, 3.05) is 0 Å². The molecule has 41 valence electrons. The molecule has 0 atom stereocenters. The minimum atomic E-state index is 0. The molecule has 0 saturated carbocycles. The topological polar surface area (TPSA) is 0 Å². The normalized spacial score (nSPS) is 6.50. The summed E-state index contributed by atoms with van der Waals surface area (Å²) < 4.78 is 0. The molecule has 0 rings (SSSR count). The number of rotatable bonds is 1. The molecule has 0 radical (unpaired) electrons. The van der Waals surface area contributed by atoms with Crippen molar-refractivity contribution < 1.29 is 15.5 Å². The third kappa shape index (κ3) is 8.82. The zero-order valence-electron chi connectivity index (χ0n) is 3.64. The standard InChI is InChI=1S/C4H7.ClH.Ni/c1-4(2)3;;/h1-2H2,3H3;1H;. The fraction of sp³-hybridized carbons (Fsp3) is 0.500. The molecule has 0 saturated heterocycles. The molecule has 0 fully saturated rings. The van der Waals surface area contributed by atoms with Crippen LogP contribution in [0.5, 0.6) is 0 Å². The van der Waals surface area contributed by atoms with E-state index in [0.29, 0.717) is 0 Å².